The van der Waals surface area contributed by atoms with Crippen molar-refractivity contribution < 1.29 is 4.21 Å². The van der Waals surface area contributed by atoms with Gasteiger partial charge in [0.05, 0.1) is 0 Å². The van der Waals surface area contributed by atoms with Crippen LogP contribution in [0.2, 0.25) is 0 Å². The monoisotopic (exact) mass is 273 g/mol. The third-order valence-corrected chi connectivity index (χ3v) is 5.12. The Kier molecular flexibility index (Phi) is 6.32. The Hall–Kier alpha value is 0.110. The second kappa shape index (κ2) is 7.04. The van der Waals surface area contributed by atoms with Crippen LogP contribution in [0.15, 0.2) is 0 Å². The van der Waals surface area contributed by atoms with Gasteiger partial charge in [-0.25, -0.2) is 0 Å². The molecule has 1 N–H and O–H groups in total. The van der Waals surface area contributed by atoms with E-state index in [-0.39, 0.29) is 0 Å². The molecule has 2 unspecified atom stereocenters. The van der Waals surface area contributed by atoms with E-state index in [0.717, 1.165) is 18.1 Å². The molecule has 2 atom stereocenters. The van der Waals surface area contributed by atoms with Crippen molar-refractivity contribution >= 4 is 10.8 Å². The molecule has 0 bridgehead atoms. The molecule has 18 heavy (non-hydrogen) atoms. The maximum absolute atomic E-state index is 11.1. The molecule has 1 aliphatic carbocycles. The Morgan fingerprint density at radius 3 is 2.22 bits per heavy atom. The predicted molar refractivity (Wildman–Crippen MR) is 81.3 cm³/mol. The summed E-state index contributed by atoms with van der Waals surface area (Å²) in [7, 11) is -0.650. The van der Waals surface area contributed by atoms with E-state index < -0.39 is 10.8 Å². The molecule has 0 aromatic rings. The van der Waals surface area contributed by atoms with Crippen LogP contribution in [-0.2, 0) is 10.8 Å². The smallest absolute Gasteiger partial charge is 0.0246 e. The average Bonchev–Trinajstić information content (AvgIpc) is 2.26. The van der Waals surface area contributed by atoms with Gasteiger partial charge in [-0.1, -0.05) is 20.8 Å². The molecule has 1 saturated carbocycles. The van der Waals surface area contributed by atoms with E-state index >= 15 is 0 Å². The molecule has 108 valence electrons. The summed E-state index contributed by atoms with van der Waals surface area (Å²) in [6.45, 7) is 9.32. The van der Waals surface area contributed by atoms with E-state index in [2.05, 4.69) is 33.0 Å². The van der Waals surface area contributed by atoms with Crippen molar-refractivity contribution in [3.63, 3.8) is 0 Å². The molecule has 0 amide bonds. The minimum atomic E-state index is -0.650. The molecule has 0 heterocycles. The van der Waals surface area contributed by atoms with Gasteiger partial charge in [-0.2, -0.15) is 0 Å². The lowest BCUT2D eigenvalue weighted by Crippen LogP contribution is -2.41. The highest BCUT2D eigenvalue weighted by Crippen LogP contribution is 2.37. The Morgan fingerprint density at radius 2 is 1.78 bits per heavy atom. The van der Waals surface area contributed by atoms with Crippen LogP contribution < -0.4 is 5.32 Å². The van der Waals surface area contributed by atoms with Crippen molar-refractivity contribution in [1.29, 1.82) is 0 Å². The van der Waals surface area contributed by atoms with Gasteiger partial charge in [-0.05, 0) is 50.4 Å². The fourth-order valence-corrected chi connectivity index (χ4v) is 3.64. The molecule has 1 fully saturated rings. The third-order valence-electron chi connectivity index (χ3n) is 4.31. The standard InChI is InChI=1S/C15H31NOS/c1-12(10-11-18(5)17)16-14-8-6-13(7-9-14)15(2,3)4/h12-14,16H,6-11H2,1-5H3. The van der Waals surface area contributed by atoms with Crippen LogP contribution in [0.1, 0.15) is 59.8 Å². The van der Waals surface area contributed by atoms with Crippen LogP contribution in [0, 0.1) is 11.3 Å². The highest BCUT2D eigenvalue weighted by Gasteiger charge is 2.29. The van der Waals surface area contributed by atoms with Crippen molar-refractivity contribution in [2.75, 3.05) is 12.0 Å². The molecule has 1 aliphatic rings. The second-order valence-corrected chi connectivity index (χ2v) is 8.60. The van der Waals surface area contributed by atoms with Crippen molar-refractivity contribution in [3.05, 3.63) is 0 Å². The van der Waals surface area contributed by atoms with Gasteiger partial charge in [0, 0.05) is 34.9 Å². The van der Waals surface area contributed by atoms with E-state index in [1.807, 2.05) is 0 Å². The molecule has 0 radical (unpaired) electrons. The summed E-state index contributed by atoms with van der Waals surface area (Å²) in [6, 6.07) is 1.19. The predicted octanol–water partition coefficient (Wildman–Crippen LogP) is 3.34. The second-order valence-electron chi connectivity index (χ2n) is 7.05. The first-order valence-corrected chi connectivity index (χ1v) is 9.08. The van der Waals surface area contributed by atoms with Crippen molar-refractivity contribution in [3.8, 4) is 0 Å². The molecular weight excluding hydrogens is 242 g/mol. The first kappa shape index (κ1) is 16.2. The lowest BCUT2D eigenvalue weighted by atomic mass is 9.71. The molecule has 0 saturated heterocycles. The van der Waals surface area contributed by atoms with Crippen LogP contribution in [0.5, 0.6) is 0 Å². The molecule has 2 nitrogen and oxygen atoms in total. The van der Waals surface area contributed by atoms with Crippen LogP contribution in [0.25, 0.3) is 0 Å². The van der Waals surface area contributed by atoms with E-state index in [1.54, 1.807) is 6.26 Å². The van der Waals surface area contributed by atoms with Crippen LogP contribution in [-0.4, -0.2) is 28.3 Å². The van der Waals surface area contributed by atoms with E-state index in [1.165, 1.54) is 25.7 Å². The lowest BCUT2D eigenvalue weighted by Gasteiger charge is -2.38. The molecule has 1 rings (SSSR count). The van der Waals surface area contributed by atoms with Gasteiger partial charge < -0.3 is 5.32 Å². The summed E-state index contributed by atoms with van der Waals surface area (Å²) >= 11 is 0. The Balaban J connectivity index is 2.25. The Labute approximate surface area is 116 Å². The minimum Gasteiger partial charge on any atom is -0.311 e. The maximum atomic E-state index is 11.1. The molecule has 3 heteroatoms. The van der Waals surface area contributed by atoms with Crippen molar-refractivity contribution in [2.24, 2.45) is 11.3 Å². The van der Waals surface area contributed by atoms with Crippen molar-refractivity contribution in [2.45, 2.75) is 71.9 Å². The highest BCUT2D eigenvalue weighted by atomic mass is 32.2. The lowest BCUT2D eigenvalue weighted by molar-refractivity contribution is 0.156. The Bertz CT molecular complexity index is 264. The van der Waals surface area contributed by atoms with Gasteiger partial charge in [0.1, 0.15) is 0 Å². The number of hydrogen-bond acceptors (Lipinski definition) is 2. The van der Waals surface area contributed by atoms with Crippen LogP contribution >= 0.6 is 0 Å². The van der Waals surface area contributed by atoms with Gasteiger partial charge in [0.2, 0.25) is 0 Å². The zero-order chi connectivity index (χ0) is 13.8. The summed E-state index contributed by atoms with van der Waals surface area (Å²) in [6.07, 6.45) is 8.15. The zero-order valence-corrected chi connectivity index (χ0v) is 13.6. The van der Waals surface area contributed by atoms with Crippen LogP contribution in [0.4, 0.5) is 0 Å². The first-order chi connectivity index (χ1) is 8.29. The minimum absolute atomic E-state index is 0.468. The van der Waals surface area contributed by atoms with E-state index in [4.69, 9.17) is 0 Å². The number of hydrogen-bond donors (Lipinski definition) is 1. The molecule has 0 aliphatic heterocycles. The number of rotatable bonds is 5. The first-order valence-electron chi connectivity index (χ1n) is 7.35. The number of nitrogens with one attached hydrogen (secondary N) is 1. The summed E-state index contributed by atoms with van der Waals surface area (Å²) in [5.74, 6) is 1.71. The summed E-state index contributed by atoms with van der Waals surface area (Å²) in [5.41, 5.74) is 0.468. The SMILES string of the molecule is CC(CCS(C)=O)NC1CCC(C(C)(C)C)CC1. The maximum Gasteiger partial charge on any atom is 0.0246 e. The van der Waals surface area contributed by atoms with Gasteiger partial charge in [0.25, 0.3) is 0 Å². The summed E-state index contributed by atoms with van der Waals surface area (Å²) in [5, 5.41) is 3.71. The van der Waals surface area contributed by atoms with Gasteiger partial charge in [-0.15, -0.1) is 0 Å². The zero-order valence-electron chi connectivity index (χ0n) is 12.8. The molecular formula is C15H31NOS. The Morgan fingerprint density at radius 1 is 1.22 bits per heavy atom. The summed E-state index contributed by atoms with van der Waals surface area (Å²) < 4.78 is 11.1. The molecule has 0 spiro atoms. The normalized spacial score (nSPS) is 28.9. The van der Waals surface area contributed by atoms with E-state index in [9.17, 15) is 4.21 Å². The van der Waals surface area contributed by atoms with Gasteiger partial charge in [0.15, 0.2) is 0 Å². The largest absolute Gasteiger partial charge is 0.311 e. The summed E-state index contributed by atoms with van der Waals surface area (Å²) in [4.78, 5) is 0. The van der Waals surface area contributed by atoms with Crippen LogP contribution in [0.3, 0.4) is 0 Å². The van der Waals surface area contributed by atoms with Gasteiger partial charge in [-0.3, -0.25) is 4.21 Å². The average molecular weight is 273 g/mol. The third kappa shape index (κ3) is 5.83. The molecule has 0 aromatic carbocycles. The quantitative estimate of drug-likeness (QED) is 0.832. The van der Waals surface area contributed by atoms with Crippen molar-refractivity contribution in [1.82, 2.24) is 5.32 Å². The topological polar surface area (TPSA) is 29.1 Å². The van der Waals surface area contributed by atoms with Gasteiger partial charge >= 0.3 is 0 Å². The fraction of sp³-hybridized carbons (Fsp3) is 1.00. The highest BCUT2D eigenvalue weighted by molar-refractivity contribution is 7.84. The fourth-order valence-electron chi connectivity index (χ4n) is 2.95. The van der Waals surface area contributed by atoms with E-state index in [0.29, 0.717) is 17.5 Å². The molecule has 0 aromatic heterocycles.